The molecule has 4 rings (SSSR count). The molecular formula is C23H22N4O4S. The molecule has 1 atom stereocenters. The minimum absolute atomic E-state index is 0.195. The Labute approximate surface area is 190 Å². The number of hydrogen-bond donors (Lipinski definition) is 0. The van der Waals surface area contributed by atoms with Gasteiger partial charge in [0.25, 0.3) is 0 Å². The molecule has 0 saturated heterocycles. The van der Waals surface area contributed by atoms with Crippen molar-refractivity contribution in [2.75, 3.05) is 24.9 Å². The number of thioether (sulfide) groups is 1. The number of fused-ring (bicyclic) bond motifs is 3. The number of rotatable bonds is 6. The molecule has 1 aliphatic rings. The average molecular weight is 451 g/mol. The maximum Gasteiger partial charge on any atom is 0.247 e. The molecule has 9 heteroatoms. The van der Waals surface area contributed by atoms with E-state index < -0.39 is 6.23 Å². The van der Waals surface area contributed by atoms with Gasteiger partial charge >= 0.3 is 0 Å². The second-order valence-corrected chi connectivity index (χ2v) is 7.83. The molecule has 0 spiro atoms. The second-order valence-electron chi connectivity index (χ2n) is 6.84. The molecule has 164 valence electrons. The number of ether oxygens (including phenoxy) is 3. The Balaban J connectivity index is 1.91. The summed E-state index contributed by atoms with van der Waals surface area (Å²) in [6.07, 6.45) is 0.962. The lowest BCUT2D eigenvalue weighted by Crippen LogP contribution is -2.36. The number of nitrogens with zero attached hydrogens (tertiary/aromatic N) is 4. The third-order valence-electron chi connectivity index (χ3n) is 4.87. The number of methoxy groups -OCH3 is 2. The number of hydrogen-bond acceptors (Lipinski definition) is 8. The van der Waals surface area contributed by atoms with Gasteiger partial charge in [-0.3, -0.25) is 9.69 Å². The van der Waals surface area contributed by atoms with Crippen molar-refractivity contribution in [2.45, 2.75) is 18.3 Å². The fourth-order valence-electron chi connectivity index (χ4n) is 3.47. The predicted octanol–water partition coefficient (Wildman–Crippen LogP) is 4.28. The summed E-state index contributed by atoms with van der Waals surface area (Å²) in [6.45, 7) is 5.22. The standard InChI is InChI=1S/C23H22N4O4S/c1-5-12-32-23-24-21-20(25-26-23)16-8-6-7-9-17(16)27(14(2)28)22(31-21)15-10-11-18(29-3)19(13-15)30-4/h5-11,13,22H,1,12H2,2-4H3/t22-/m0/s1. The topological polar surface area (TPSA) is 86.7 Å². The maximum absolute atomic E-state index is 12.9. The summed E-state index contributed by atoms with van der Waals surface area (Å²) in [5.74, 6) is 1.84. The molecule has 0 bridgehead atoms. The van der Waals surface area contributed by atoms with E-state index in [2.05, 4.69) is 21.8 Å². The quantitative estimate of drug-likeness (QED) is 0.406. The zero-order chi connectivity index (χ0) is 22.7. The van der Waals surface area contributed by atoms with E-state index in [-0.39, 0.29) is 5.91 Å². The maximum atomic E-state index is 12.9. The van der Waals surface area contributed by atoms with Gasteiger partial charge in [-0.25, -0.2) is 0 Å². The van der Waals surface area contributed by atoms with Crippen molar-refractivity contribution in [2.24, 2.45) is 0 Å². The average Bonchev–Trinajstić information content (AvgIpc) is 2.96. The highest BCUT2D eigenvalue weighted by atomic mass is 32.2. The van der Waals surface area contributed by atoms with E-state index >= 15 is 0 Å². The zero-order valence-corrected chi connectivity index (χ0v) is 18.8. The Morgan fingerprint density at radius 1 is 1.19 bits per heavy atom. The SMILES string of the molecule is C=CCSc1nnc2c(n1)O[C@@H](c1ccc(OC)c(OC)c1)N(C(C)=O)c1ccccc1-2. The van der Waals surface area contributed by atoms with E-state index in [9.17, 15) is 4.79 Å². The number of amides is 1. The van der Waals surface area contributed by atoms with Gasteiger partial charge in [-0.05, 0) is 24.3 Å². The lowest BCUT2D eigenvalue weighted by Gasteiger charge is -2.30. The van der Waals surface area contributed by atoms with Gasteiger partial charge in [0.1, 0.15) is 0 Å². The first-order valence-electron chi connectivity index (χ1n) is 9.83. The van der Waals surface area contributed by atoms with Gasteiger partial charge in [-0.15, -0.1) is 16.8 Å². The van der Waals surface area contributed by atoms with Crippen LogP contribution in [0.3, 0.4) is 0 Å². The van der Waals surface area contributed by atoms with Crippen molar-refractivity contribution in [3.8, 4) is 28.6 Å². The Hall–Kier alpha value is -3.59. The molecule has 32 heavy (non-hydrogen) atoms. The summed E-state index contributed by atoms with van der Waals surface area (Å²) in [6, 6.07) is 12.9. The number of carbonyl (C=O) groups excluding carboxylic acids is 1. The van der Waals surface area contributed by atoms with Crippen LogP contribution in [0, 0.1) is 0 Å². The number of carbonyl (C=O) groups is 1. The molecule has 3 aromatic rings. The number of aromatic nitrogens is 3. The first kappa shape index (κ1) is 21.6. The van der Waals surface area contributed by atoms with Crippen molar-refractivity contribution in [1.29, 1.82) is 0 Å². The van der Waals surface area contributed by atoms with Crippen molar-refractivity contribution in [1.82, 2.24) is 15.2 Å². The second kappa shape index (κ2) is 9.27. The summed E-state index contributed by atoms with van der Waals surface area (Å²) in [4.78, 5) is 19.0. The van der Waals surface area contributed by atoms with Crippen molar-refractivity contribution >= 4 is 23.4 Å². The van der Waals surface area contributed by atoms with Crippen LogP contribution < -0.4 is 19.1 Å². The van der Waals surface area contributed by atoms with E-state index in [0.717, 1.165) is 0 Å². The lowest BCUT2D eigenvalue weighted by atomic mass is 10.1. The van der Waals surface area contributed by atoms with Gasteiger partial charge in [0.05, 0.1) is 19.9 Å². The summed E-state index contributed by atoms with van der Waals surface area (Å²) < 4.78 is 17.2. The molecule has 0 saturated carbocycles. The van der Waals surface area contributed by atoms with Crippen LogP contribution in [0.25, 0.3) is 11.3 Å². The van der Waals surface area contributed by atoms with Crippen LogP contribution in [0.15, 0.2) is 60.3 Å². The number of anilines is 1. The molecule has 0 radical (unpaired) electrons. The van der Waals surface area contributed by atoms with Crippen LogP contribution >= 0.6 is 11.8 Å². The van der Waals surface area contributed by atoms with Crippen LogP contribution in [-0.2, 0) is 4.79 Å². The fraction of sp³-hybridized carbons (Fsp3) is 0.217. The molecule has 0 unspecified atom stereocenters. The van der Waals surface area contributed by atoms with E-state index in [4.69, 9.17) is 14.2 Å². The molecule has 8 nitrogen and oxygen atoms in total. The highest BCUT2D eigenvalue weighted by Crippen LogP contribution is 2.44. The van der Waals surface area contributed by atoms with E-state index in [1.54, 1.807) is 37.3 Å². The van der Waals surface area contributed by atoms with E-state index in [1.165, 1.54) is 18.7 Å². The molecule has 2 aromatic carbocycles. The van der Waals surface area contributed by atoms with Gasteiger partial charge < -0.3 is 14.2 Å². The number of benzene rings is 2. The molecule has 1 amide bonds. The van der Waals surface area contributed by atoms with Crippen molar-refractivity contribution < 1.29 is 19.0 Å². The van der Waals surface area contributed by atoms with Gasteiger partial charge in [0.2, 0.25) is 23.2 Å². The summed E-state index contributed by atoms with van der Waals surface area (Å²) in [5.41, 5.74) is 2.53. The Morgan fingerprint density at radius 2 is 1.97 bits per heavy atom. The smallest absolute Gasteiger partial charge is 0.247 e. The minimum Gasteiger partial charge on any atom is -0.493 e. The normalized spacial score (nSPS) is 14.5. The van der Waals surface area contributed by atoms with Crippen LogP contribution in [0.5, 0.6) is 17.4 Å². The highest BCUT2D eigenvalue weighted by molar-refractivity contribution is 7.99. The van der Waals surface area contributed by atoms with Crippen LogP contribution in [0.1, 0.15) is 18.7 Å². The van der Waals surface area contributed by atoms with Crippen molar-refractivity contribution in [3.63, 3.8) is 0 Å². The summed E-state index contributed by atoms with van der Waals surface area (Å²) >= 11 is 1.40. The Morgan fingerprint density at radius 3 is 2.69 bits per heavy atom. The molecule has 0 fully saturated rings. The van der Waals surface area contributed by atoms with Crippen molar-refractivity contribution in [3.05, 3.63) is 60.7 Å². The minimum atomic E-state index is -0.802. The predicted molar refractivity (Wildman–Crippen MR) is 122 cm³/mol. The van der Waals surface area contributed by atoms with Gasteiger partial charge in [-0.2, -0.15) is 4.98 Å². The first-order valence-corrected chi connectivity index (χ1v) is 10.8. The number of para-hydroxylation sites is 1. The fourth-order valence-corrected chi connectivity index (χ4v) is 3.98. The van der Waals surface area contributed by atoms with E-state index in [0.29, 0.717) is 50.8 Å². The lowest BCUT2D eigenvalue weighted by molar-refractivity contribution is -0.118. The van der Waals surface area contributed by atoms with Gasteiger partial charge in [0, 0.05) is 23.8 Å². The Kier molecular flexibility index (Phi) is 6.27. The zero-order valence-electron chi connectivity index (χ0n) is 17.9. The Bertz CT molecular complexity index is 1170. The van der Waals surface area contributed by atoms with Crippen LogP contribution in [0.4, 0.5) is 5.69 Å². The van der Waals surface area contributed by atoms with Crippen LogP contribution in [0.2, 0.25) is 0 Å². The van der Waals surface area contributed by atoms with Gasteiger partial charge in [0.15, 0.2) is 17.2 Å². The highest BCUT2D eigenvalue weighted by Gasteiger charge is 2.35. The third kappa shape index (κ3) is 3.99. The molecule has 1 aromatic heterocycles. The molecule has 0 aliphatic carbocycles. The molecule has 1 aliphatic heterocycles. The molecule has 0 N–H and O–H groups in total. The monoisotopic (exact) mass is 450 g/mol. The first-order chi connectivity index (χ1) is 15.6. The molecular weight excluding hydrogens is 428 g/mol. The summed E-state index contributed by atoms with van der Waals surface area (Å²) in [5, 5.41) is 9.06. The third-order valence-corrected chi connectivity index (χ3v) is 5.71. The largest absolute Gasteiger partial charge is 0.493 e. The van der Waals surface area contributed by atoms with Gasteiger partial charge in [-0.1, -0.05) is 36.0 Å². The van der Waals surface area contributed by atoms with E-state index in [1.807, 2.05) is 30.3 Å². The van der Waals surface area contributed by atoms with Crippen LogP contribution in [-0.4, -0.2) is 41.1 Å². The summed E-state index contributed by atoms with van der Waals surface area (Å²) in [7, 11) is 3.13. The molecule has 2 heterocycles.